The number of aliphatic hydroxyl groups excluding tert-OH is 1. The Morgan fingerprint density at radius 1 is 0.950 bits per heavy atom. The Balaban J connectivity index is -0.000000101. The third-order valence-electron chi connectivity index (χ3n) is 0.986. The molecule has 1 atom stereocenters. The quantitative estimate of drug-likeness (QED) is 0.294. The van der Waals surface area contributed by atoms with Gasteiger partial charge in [-0.15, -0.1) is 0 Å². The normalized spacial score (nSPS) is 9.35. The molecule has 0 aromatic rings. The van der Waals surface area contributed by atoms with Crippen LogP contribution in [-0.2, 0) is 38.7 Å². The van der Waals surface area contributed by atoms with Gasteiger partial charge in [0.1, 0.15) is 0 Å². The number of carbonyl (C=O) groups excluding carboxylic acids is 2. The summed E-state index contributed by atoms with van der Waals surface area (Å²) in [6.45, 7) is -0.778. The van der Waals surface area contributed by atoms with Crippen LogP contribution in [0.5, 0.6) is 0 Å². The Hall–Kier alpha value is -1.62. The molecule has 0 saturated carbocycles. The second-order valence-electron chi connectivity index (χ2n) is 2.60. The number of aliphatic carboxylic acids is 4. The van der Waals surface area contributed by atoms with Crippen molar-refractivity contribution >= 4 is 23.9 Å². The summed E-state index contributed by atoms with van der Waals surface area (Å²) in [6.07, 6.45) is -2.54. The molecule has 1 unspecified atom stereocenters. The van der Waals surface area contributed by atoms with E-state index in [2.05, 4.69) is 11.5 Å². The van der Waals surface area contributed by atoms with Gasteiger partial charge in [0.25, 0.3) is 0 Å². The third-order valence-corrected chi connectivity index (χ3v) is 0.986. The Morgan fingerprint density at radius 2 is 1.20 bits per heavy atom. The van der Waals surface area contributed by atoms with Gasteiger partial charge in [-0.3, -0.25) is 4.79 Å². The van der Waals surface area contributed by atoms with E-state index in [-0.39, 0.29) is 32.6 Å². The standard InChI is InChI=1S/C4H6O5.2C2H5NO2.Zn/c5-2(4(8)9)1-3(6)7;2*3-1-2(4)5;/h2,5H,1H2,(H,6,7)(H,8,9);2*1,3H2,(H,4,5);/q;;;+2/p-2. The minimum absolute atomic E-state index is 0. The molecule has 0 bridgehead atoms. The van der Waals surface area contributed by atoms with E-state index in [4.69, 9.17) is 35.1 Å². The van der Waals surface area contributed by atoms with Crippen molar-refractivity contribution in [2.75, 3.05) is 13.1 Å². The van der Waals surface area contributed by atoms with Crippen molar-refractivity contribution in [3.8, 4) is 0 Å². The first-order chi connectivity index (χ1) is 8.58. The van der Waals surface area contributed by atoms with Crippen molar-refractivity contribution in [3.05, 3.63) is 0 Å². The number of aliphatic hydroxyl groups is 1. The zero-order chi connectivity index (χ0) is 16.0. The number of nitrogens with two attached hydrogens (primary N) is 2. The summed E-state index contributed by atoms with van der Waals surface area (Å²) in [4.78, 5) is 37.7. The number of rotatable bonds is 5. The van der Waals surface area contributed by atoms with Crippen LogP contribution in [-0.4, -0.2) is 58.4 Å². The van der Waals surface area contributed by atoms with Gasteiger partial charge in [-0.1, -0.05) is 0 Å². The van der Waals surface area contributed by atoms with Crippen LogP contribution in [0.25, 0.3) is 0 Å². The molecular weight excluding hydrogens is 333 g/mol. The molecule has 112 valence electrons. The Bertz CT molecular complexity index is 296. The van der Waals surface area contributed by atoms with Gasteiger partial charge in [-0.2, -0.15) is 0 Å². The number of hydrogen-bond donors (Lipinski definition) is 5. The molecule has 0 amide bonds. The molecule has 0 spiro atoms. The first kappa shape index (κ1) is 26.9. The van der Waals surface area contributed by atoms with Crippen molar-refractivity contribution < 1.29 is 64.2 Å². The maximum atomic E-state index is 9.72. The summed E-state index contributed by atoms with van der Waals surface area (Å²) in [5, 5.41) is 42.4. The molecule has 0 aromatic carbocycles. The maximum Gasteiger partial charge on any atom is 2.00 e. The van der Waals surface area contributed by atoms with E-state index in [9.17, 15) is 9.59 Å². The van der Waals surface area contributed by atoms with Crippen LogP contribution in [0.15, 0.2) is 0 Å². The SMILES string of the molecule is NCC(=O)[O-].NCC(=O)[O-].O=C(O)CC(O)C(=O)O.[Zn+2]. The van der Waals surface area contributed by atoms with Crippen molar-refractivity contribution in [2.24, 2.45) is 11.5 Å². The average molecular weight is 348 g/mol. The van der Waals surface area contributed by atoms with Crippen molar-refractivity contribution in [1.29, 1.82) is 0 Å². The predicted molar refractivity (Wildman–Crippen MR) is 54.0 cm³/mol. The molecule has 20 heavy (non-hydrogen) atoms. The molecule has 0 aromatic heterocycles. The molecule has 12 heteroatoms. The topological polar surface area (TPSA) is 227 Å². The van der Waals surface area contributed by atoms with Crippen LogP contribution in [0, 0.1) is 0 Å². The van der Waals surface area contributed by atoms with E-state index >= 15 is 0 Å². The summed E-state index contributed by atoms with van der Waals surface area (Å²) < 4.78 is 0. The third kappa shape index (κ3) is 36.0. The smallest absolute Gasteiger partial charge is 0.549 e. The first-order valence-corrected chi connectivity index (χ1v) is 4.50. The Kier molecular flexibility index (Phi) is 23.3. The van der Waals surface area contributed by atoms with Gasteiger partial charge in [-0.05, 0) is 0 Å². The van der Waals surface area contributed by atoms with E-state index in [1.54, 1.807) is 0 Å². The molecule has 0 aliphatic carbocycles. The number of carboxylic acids is 4. The summed E-state index contributed by atoms with van der Waals surface area (Å²) in [7, 11) is 0. The van der Waals surface area contributed by atoms with E-state index in [0.29, 0.717) is 0 Å². The molecule has 0 heterocycles. The van der Waals surface area contributed by atoms with Gasteiger partial charge >= 0.3 is 31.4 Å². The molecule has 0 rings (SSSR count). The largest absolute Gasteiger partial charge is 2.00 e. The van der Waals surface area contributed by atoms with Crippen molar-refractivity contribution in [1.82, 2.24) is 0 Å². The van der Waals surface area contributed by atoms with Gasteiger partial charge in [0.2, 0.25) is 0 Å². The van der Waals surface area contributed by atoms with Crippen LogP contribution in [0.3, 0.4) is 0 Å². The summed E-state index contributed by atoms with van der Waals surface area (Å²) in [5.74, 6) is -5.28. The van der Waals surface area contributed by atoms with E-state index < -0.39 is 36.4 Å². The minimum atomic E-state index is -1.79. The van der Waals surface area contributed by atoms with E-state index in [0.717, 1.165) is 0 Å². The molecule has 0 aliphatic rings. The molecule has 0 saturated heterocycles. The number of carboxylic acid groups (broad SMARTS) is 4. The second kappa shape index (κ2) is 17.4. The van der Waals surface area contributed by atoms with Gasteiger partial charge in [0.15, 0.2) is 6.10 Å². The number of hydrogen-bond acceptors (Lipinski definition) is 9. The molecule has 0 aliphatic heterocycles. The van der Waals surface area contributed by atoms with Gasteiger partial charge in [-0.25, -0.2) is 4.79 Å². The molecule has 0 radical (unpaired) electrons. The van der Waals surface area contributed by atoms with Crippen LogP contribution < -0.4 is 21.7 Å². The predicted octanol–water partition coefficient (Wildman–Crippen LogP) is -5.71. The molecule has 0 fully saturated rings. The number of carbonyl (C=O) groups is 4. The van der Waals surface area contributed by atoms with Crippen LogP contribution in [0.1, 0.15) is 6.42 Å². The van der Waals surface area contributed by atoms with Crippen molar-refractivity contribution in [2.45, 2.75) is 12.5 Å². The van der Waals surface area contributed by atoms with Crippen LogP contribution in [0.4, 0.5) is 0 Å². The summed E-state index contributed by atoms with van der Waals surface area (Å²) >= 11 is 0. The van der Waals surface area contributed by atoms with Gasteiger partial charge in [0, 0.05) is 13.1 Å². The molecule has 7 N–H and O–H groups in total. The van der Waals surface area contributed by atoms with E-state index in [1.165, 1.54) is 0 Å². The first-order valence-electron chi connectivity index (χ1n) is 4.50. The fourth-order valence-corrected chi connectivity index (χ4v) is 0.253. The zero-order valence-corrected chi connectivity index (χ0v) is 13.3. The van der Waals surface area contributed by atoms with Gasteiger partial charge in [0.05, 0.1) is 18.4 Å². The fourth-order valence-electron chi connectivity index (χ4n) is 0.253. The zero-order valence-electron chi connectivity index (χ0n) is 10.4. The second-order valence-corrected chi connectivity index (χ2v) is 2.60. The fraction of sp³-hybridized carbons (Fsp3) is 0.500. The Morgan fingerprint density at radius 3 is 1.25 bits per heavy atom. The van der Waals surface area contributed by atoms with Crippen molar-refractivity contribution in [3.63, 3.8) is 0 Å². The average Bonchev–Trinajstić information content (AvgIpc) is 2.29. The maximum absolute atomic E-state index is 9.72. The van der Waals surface area contributed by atoms with Gasteiger partial charge < -0.3 is 46.6 Å². The molecular formula is C8H14N2O9Zn. The Labute approximate surface area is 125 Å². The monoisotopic (exact) mass is 346 g/mol. The minimum Gasteiger partial charge on any atom is -0.549 e. The summed E-state index contributed by atoms with van der Waals surface area (Å²) in [5.41, 5.74) is 9.02. The van der Waals surface area contributed by atoms with E-state index in [1.807, 2.05) is 0 Å². The molecule has 11 nitrogen and oxygen atoms in total. The summed E-state index contributed by atoms with van der Waals surface area (Å²) in [6, 6.07) is 0. The van der Waals surface area contributed by atoms with Crippen LogP contribution >= 0.6 is 0 Å². The van der Waals surface area contributed by atoms with Crippen LogP contribution in [0.2, 0.25) is 0 Å².